The van der Waals surface area contributed by atoms with Crippen molar-refractivity contribution in [2.45, 2.75) is 44.2 Å². The zero-order chi connectivity index (χ0) is 21.5. The lowest BCUT2D eigenvalue weighted by atomic mass is 9.93. The average Bonchev–Trinajstić information content (AvgIpc) is 2.95. The van der Waals surface area contributed by atoms with Crippen LogP contribution in [0.3, 0.4) is 0 Å². The number of nitrogens with zero attached hydrogens (tertiary/aromatic N) is 1. The van der Waals surface area contributed by atoms with Gasteiger partial charge in [-0.1, -0.05) is 0 Å². The molecule has 0 aliphatic heterocycles. The molecular weight excluding hydrogens is 405 g/mol. The highest BCUT2D eigenvalue weighted by Gasteiger charge is 2.76. The van der Waals surface area contributed by atoms with E-state index >= 15 is 0 Å². The Bertz CT molecular complexity index is 827. The molecule has 6 nitrogen and oxygen atoms in total. The predicted molar refractivity (Wildman–Crippen MR) is 78.4 cm³/mol. The van der Waals surface area contributed by atoms with E-state index < -0.39 is 29.9 Å². The Hall–Kier alpha value is -2.60. The van der Waals surface area contributed by atoms with Crippen LogP contribution in [0.4, 0.5) is 30.7 Å². The number of methoxy groups -OCH3 is 1. The lowest BCUT2D eigenvalue weighted by Gasteiger charge is -2.26. The Kier molecular flexibility index (Phi) is 5.50. The summed E-state index contributed by atoms with van der Waals surface area (Å²) in [6, 6.07) is 0. The van der Waals surface area contributed by atoms with E-state index in [0.29, 0.717) is 12.8 Å². The maximum atomic E-state index is 13.3. The minimum Gasteiger partial charge on any atom is -0.463 e. The van der Waals surface area contributed by atoms with Crippen molar-refractivity contribution in [1.29, 1.82) is 0 Å². The maximum Gasteiger partial charge on any atom is 0.460 e. The van der Waals surface area contributed by atoms with Gasteiger partial charge in [0.25, 0.3) is 0 Å². The molecule has 1 aromatic rings. The van der Waals surface area contributed by atoms with E-state index in [2.05, 4.69) is 9.84 Å². The van der Waals surface area contributed by atoms with E-state index in [-0.39, 0.29) is 34.8 Å². The molecule has 0 bridgehead atoms. The fourth-order valence-electron chi connectivity index (χ4n) is 2.58. The summed E-state index contributed by atoms with van der Waals surface area (Å²) >= 11 is 0. The van der Waals surface area contributed by atoms with Gasteiger partial charge in [0, 0.05) is 17.5 Å². The van der Waals surface area contributed by atoms with Crippen molar-refractivity contribution in [3.63, 3.8) is 0 Å². The number of amides is 1. The number of rotatable bonds is 4. The first-order valence-corrected chi connectivity index (χ1v) is 7.66. The summed E-state index contributed by atoms with van der Waals surface area (Å²) in [6.07, 6.45) is -5.92. The number of hydrogen-bond acceptors (Lipinski definition) is 5. The summed E-state index contributed by atoms with van der Waals surface area (Å²) < 4.78 is 98.8. The Morgan fingerprint density at radius 3 is 2.25 bits per heavy atom. The monoisotopic (exact) mass is 418 g/mol. The standard InChI is InChI=1S/C15H13F7N2O4/c1-6-9-7(4-3-5-8(9)28-10(6)11(25)27-2)23-24-12(26)13(16,17)14(18,19)15(20,21)22/h3-5H2,1-2H3,(H,24,26)/b23-7+. The molecule has 2 rings (SSSR count). The summed E-state index contributed by atoms with van der Waals surface area (Å²) in [4.78, 5) is 23.0. The normalized spacial score (nSPS) is 16.7. The van der Waals surface area contributed by atoms with Gasteiger partial charge in [0.1, 0.15) is 5.76 Å². The van der Waals surface area contributed by atoms with Crippen molar-refractivity contribution >= 4 is 17.6 Å². The third-order valence-electron chi connectivity index (χ3n) is 4.02. The Balaban J connectivity index is 2.33. The number of esters is 1. The zero-order valence-electron chi connectivity index (χ0n) is 14.3. The fraction of sp³-hybridized carbons (Fsp3) is 0.533. The highest BCUT2D eigenvalue weighted by atomic mass is 19.4. The second kappa shape index (κ2) is 7.09. The van der Waals surface area contributed by atoms with Crippen molar-refractivity contribution < 1.29 is 49.5 Å². The van der Waals surface area contributed by atoms with Crippen molar-refractivity contribution in [2.75, 3.05) is 7.11 Å². The van der Waals surface area contributed by atoms with Crippen LogP contribution in [0.25, 0.3) is 0 Å². The summed E-state index contributed by atoms with van der Waals surface area (Å²) in [7, 11) is 1.08. The number of alkyl halides is 7. The van der Waals surface area contributed by atoms with Gasteiger partial charge in [0.05, 0.1) is 12.8 Å². The van der Waals surface area contributed by atoms with E-state index in [1.165, 1.54) is 6.92 Å². The van der Waals surface area contributed by atoms with Gasteiger partial charge >= 0.3 is 29.9 Å². The Labute approximate surface area is 152 Å². The molecule has 0 fully saturated rings. The molecule has 1 heterocycles. The number of aryl methyl sites for hydroxylation is 1. The molecule has 0 saturated carbocycles. The van der Waals surface area contributed by atoms with Gasteiger partial charge in [-0.25, -0.2) is 10.2 Å². The van der Waals surface area contributed by atoms with E-state index in [1.807, 2.05) is 0 Å². The molecule has 1 N–H and O–H groups in total. The molecule has 0 atom stereocenters. The summed E-state index contributed by atoms with van der Waals surface area (Å²) in [5.41, 5.74) is 1.30. The highest BCUT2D eigenvalue weighted by Crippen LogP contribution is 2.46. The van der Waals surface area contributed by atoms with E-state index in [1.54, 1.807) is 0 Å². The van der Waals surface area contributed by atoms with Crippen molar-refractivity contribution in [1.82, 2.24) is 5.43 Å². The van der Waals surface area contributed by atoms with Crippen LogP contribution in [0.2, 0.25) is 0 Å². The molecule has 0 aromatic carbocycles. The number of halogens is 7. The predicted octanol–water partition coefficient (Wildman–Crippen LogP) is 3.36. The summed E-state index contributed by atoms with van der Waals surface area (Å²) in [6.45, 7) is 1.41. The van der Waals surface area contributed by atoms with Crippen LogP contribution in [-0.2, 0) is 16.0 Å². The number of carbonyl (C=O) groups is 2. The molecule has 156 valence electrons. The second-order valence-corrected chi connectivity index (χ2v) is 5.85. The number of fused-ring (bicyclic) bond motifs is 1. The largest absolute Gasteiger partial charge is 0.463 e. The number of hydrazone groups is 1. The molecule has 28 heavy (non-hydrogen) atoms. The molecule has 0 radical (unpaired) electrons. The van der Waals surface area contributed by atoms with Gasteiger partial charge in [0.15, 0.2) is 0 Å². The van der Waals surface area contributed by atoms with Crippen molar-refractivity contribution in [2.24, 2.45) is 5.10 Å². The molecule has 1 aliphatic rings. The van der Waals surface area contributed by atoms with Crippen LogP contribution in [-0.4, -0.2) is 42.7 Å². The lowest BCUT2D eigenvalue weighted by Crippen LogP contribution is -2.58. The fourth-order valence-corrected chi connectivity index (χ4v) is 2.58. The first kappa shape index (κ1) is 21.7. The number of furan rings is 1. The number of ether oxygens (including phenoxy) is 1. The molecule has 0 unspecified atom stereocenters. The first-order valence-electron chi connectivity index (χ1n) is 7.66. The van der Waals surface area contributed by atoms with Crippen molar-refractivity contribution in [3.05, 3.63) is 22.6 Å². The van der Waals surface area contributed by atoms with Crippen molar-refractivity contribution in [3.8, 4) is 0 Å². The lowest BCUT2D eigenvalue weighted by molar-refractivity contribution is -0.344. The third kappa shape index (κ3) is 3.44. The van der Waals surface area contributed by atoms with Crippen LogP contribution >= 0.6 is 0 Å². The molecule has 1 aromatic heterocycles. The van der Waals surface area contributed by atoms with Crippen LogP contribution in [0, 0.1) is 6.92 Å². The summed E-state index contributed by atoms with van der Waals surface area (Å²) in [5.74, 6) is -16.4. The number of hydrogen-bond donors (Lipinski definition) is 1. The van der Waals surface area contributed by atoms with Crippen LogP contribution in [0.15, 0.2) is 9.52 Å². The third-order valence-corrected chi connectivity index (χ3v) is 4.02. The molecule has 0 spiro atoms. The van der Waals surface area contributed by atoms with E-state index in [4.69, 9.17) is 4.42 Å². The van der Waals surface area contributed by atoms with Crippen LogP contribution < -0.4 is 5.43 Å². The van der Waals surface area contributed by atoms with E-state index in [9.17, 15) is 40.3 Å². The smallest absolute Gasteiger partial charge is 0.460 e. The molecular formula is C15H13F7N2O4. The highest BCUT2D eigenvalue weighted by molar-refractivity contribution is 6.06. The van der Waals surface area contributed by atoms with Gasteiger partial charge in [-0.15, -0.1) is 0 Å². The Morgan fingerprint density at radius 1 is 1.11 bits per heavy atom. The van der Waals surface area contributed by atoms with Crippen LogP contribution in [0.5, 0.6) is 0 Å². The first-order chi connectivity index (χ1) is 12.8. The SMILES string of the molecule is COC(=O)c1oc2c(c1C)/C(=N/NC(=O)C(F)(F)C(F)(F)C(F)(F)F)CCC2. The average molecular weight is 418 g/mol. The minimum atomic E-state index is -6.64. The molecule has 13 heteroatoms. The Morgan fingerprint density at radius 2 is 1.71 bits per heavy atom. The van der Waals surface area contributed by atoms with E-state index in [0.717, 1.165) is 12.5 Å². The van der Waals surface area contributed by atoms with Gasteiger partial charge in [-0.05, 0) is 19.8 Å². The summed E-state index contributed by atoms with van der Waals surface area (Å²) in [5, 5.41) is 3.27. The second-order valence-electron chi connectivity index (χ2n) is 5.85. The molecule has 1 aliphatic carbocycles. The molecule has 0 saturated heterocycles. The van der Waals surface area contributed by atoms with Gasteiger partial charge < -0.3 is 9.15 Å². The molecule has 1 amide bonds. The van der Waals surface area contributed by atoms with Crippen LogP contribution in [0.1, 0.15) is 40.3 Å². The quantitative estimate of drug-likeness (QED) is 0.462. The van der Waals surface area contributed by atoms with Gasteiger partial charge in [-0.3, -0.25) is 4.79 Å². The topological polar surface area (TPSA) is 80.9 Å². The van der Waals surface area contributed by atoms with Gasteiger partial charge in [-0.2, -0.15) is 35.8 Å². The maximum absolute atomic E-state index is 13.3. The zero-order valence-corrected chi connectivity index (χ0v) is 14.3. The number of carbonyl (C=O) groups excluding carboxylic acids is 2. The number of nitrogens with one attached hydrogen (secondary N) is 1. The minimum absolute atomic E-state index is 0.0650. The van der Waals surface area contributed by atoms with Gasteiger partial charge in [0.2, 0.25) is 5.76 Å².